The van der Waals surface area contributed by atoms with Gasteiger partial charge in [-0.3, -0.25) is 14.6 Å². The van der Waals surface area contributed by atoms with Crippen LogP contribution in [-0.4, -0.2) is 22.6 Å². The number of ether oxygens (including phenoxy) is 1. The predicted molar refractivity (Wildman–Crippen MR) is 82.1 cm³/mol. The van der Waals surface area contributed by atoms with E-state index >= 15 is 0 Å². The lowest BCUT2D eigenvalue weighted by Crippen LogP contribution is -2.23. The number of hydrogen-bond acceptors (Lipinski definition) is 4. The molecule has 0 fully saturated rings. The molecule has 8 heteroatoms. The maximum Gasteiger partial charge on any atom is 0.252 e. The van der Waals surface area contributed by atoms with Gasteiger partial charge in [0.2, 0.25) is 5.91 Å². The highest BCUT2D eigenvalue weighted by Gasteiger charge is 2.13. The lowest BCUT2D eigenvalue weighted by molar-refractivity contribution is -0.118. The summed E-state index contributed by atoms with van der Waals surface area (Å²) in [5, 5.41) is 0.487. The first kappa shape index (κ1) is 15.3. The van der Waals surface area contributed by atoms with Crippen LogP contribution in [0.2, 0.25) is 5.02 Å². The topological polar surface area (TPSA) is 90.1 Å². The van der Waals surface area contributed by atoms with Gasteiger partial charge in [-0.2, -0.15) is 0 Å². The number of hydrogen-bond donors (Lipinski definition) is 2. The SMILES string of the molecule is COc1cc(Cl)ccc1-c1cc(=O)[nH]c(=S)n1CC(N)=O. The summed E-state index contributed by atoms with van der Waals surface area (Å²) in [6.45, 7) is -0.156. The number of benzene rings is 1. The molecule has 0 atom stereocenters. The fourth-order valence-corrected chi connectivity index (χ4v) is 2.36. The van der Waals surface area contributed by atoms with E-state index in [4.69, 9.17) is 34.3 Å². The third kappa shape index (κ3) is 3.32. The molecule has 0 saturated carbocycles. The third-order valence-corrected chi connectivity index (χ3v) is 3.34. The zero-order valence-electron chi connectivity index (χ0n) is 11.1. The Bertz CT molecular complexity index is 813. The second-order valence-corrected chi connectivity index (χ2v) is 5.04. The van der Waals surface area contributed by atoms with E-state index in [2.05, 4.69) is 4.98 Å². The van der Waals surface area contributed by atoms with Gasteiger partial charge < -0.3 is 15.0 Å². The Morgan fingerprint density at radius 2 is 2.19 bits per heavy atom. The van der Waals surface area contributed by atoms with Crippen molar-refractivity contribution in [3.8, 4) is 17.0 Å². The molecule has 0 aliphatic rings. The molecule has 0 aliphatic heterocycles. The molecule has 3 N–H and O–H groups in total. The molecule has 2 aromatic rings. The van der Waals surface area contributed by atoms with Crippen molar-refractivity contribution >= 4 is 29.7 Å². The quantitative estimate of drug-likeness (QED) is 0.837. The van der Waals surface area contributed by atoms with Gasteiger partial charge in [0.25, 0.3) is 5.56 Å². The van der Waals surface area contributed by atoms with E-state index in [0.29, 0.717) is 22.0 Å². The molecular weight excluding hydrogens is 314 g/mol. The van der Waals surface area contributed by atoms with Crippen LogP contribution in [0.3, 0.4) is 0 Å². The molecule has 0 spiro atoms. The van der Waals surface area contributed by atoms with Crippen LogP contribution in [0.4, 0.5) is 0 Å². The van der Waals surface area contributed by atoms with Crippen molar-refractivity contribution in [3.63, 3.8) is 0 Å². The van der Waals surface area contributed by atoms with Crippen LogP contribution in [0.15, 0.2) is 29.1 Å². The molecule has 21 heavy (non-hydrogen) atoms. The standard InChI is InChI=1S/C13H12ClN3O3S/c1-20-10-4-7(14)2-3-8(10)9-5-12(19)16-13(21)17(9)6-11(15)18/h2-5H,6H2,1H3,(H2,15,18)(H,16,19,21). The van der Waals surface area contributed by atoms with Gasteiger partial charge in [0.15, 0.2) is 4.77 Å². The first-order chi connectivity index (χ1) is 9.92. The normalized spacial score (nSPS) is 10.4. The summed E-state index contributed by atoms with van der Waals surface area (Å²) < 4.78 is 6.80. The lowest BCUT2D eigenvalue weighted by Gasteiger charge is -2.14. The number of rotatable bonds is 4. The van der Waals surface area contributed by atoms with E-state index in [1.54, 1.807) is 18.2 Å². The van der Waals surface area contributed by atoms with Crippen LogP contribution in [0.5, 0.6) is 5.75 Å². The number of halogens is 1. The predicted octanol–water partition coefficient (Wildman–Crippen LogP) is 1.72. The minimum absolute atomic E-state index is 0.105. The molecule has 1 aromatic carbocycles. The number of carbonyl (C=O) groups is 1. The minimum atomic E-state index is -0.577. The second kappa shape index (κ2) is 6.11. The first-order valence-corrected chi connectivity index (χ1v) is 6.67. The number of H-pyrrole nitrogens is 1. The smallest absolute Gasteiger partial charge is 0.252 e. The highest BCUT2D eigenvalue weighted by atomic mass is 35.5. The number of aromatic nitrogens is 2. The van der Waals surface area contributed by atoms with Crippen molar-refractivity contribution in [2.24, 2.45) is 5.73 Å². The van der Waals surface area contributed by atoms with E-state index in [1.807, 2.05) is 0 Å². The monoisotopic (exact) mass is 325 g/mol. The molecule has 0 saturated heterocycles. The minimum Gasteiger partial charge on any atom is -0.496 e. The summed E-state index contributed by atoms with van der Waals surface area (Å²) in [7, 11) is 1.48. The summed E-state index contributed by atoms with van der Waals surface area (Å²) in [5.41, 5.74) is 5.85. The van der Waals surface area contributed by atoms with E-state index in [-0.39, 0.29) is 16.9 Å². The number of aromatic amines is 1. The molecule has 0 bridgehead atoms. The summed E-state index contributed by atoms with van der Waals surface area (Å²) in [6.07, 6.45) is 0. The fraction of sp³-hybridized carbons (Fsp3) is 0.154. The Morgan fingerprint density at radius 3 is 2.81 bits per heavy atom. The van der Waals surface area contributed by atoms with Crippen molar-refractivity contribution in [1.82, 2.24) is 9.55 Å². The van der Waals surface area contributed by atoms with Crippen molar-refractivity contribution in [1.29, 1.82) is 0 Å². The molecule has 110 valence electrons. The van der Waals surface area contributed by atoms with Gasteiger partial charge in [0.05, 0.1) is 12.8 Å². The van der Waals surface area contributed by atoms with Gasteiger partial charge in [0.1, 0.15) is 12.3 Å². The maximum atomic E-state index is 11.7. The van der Waals surface area contributed by atoms with Gasteiger partial charge in [-0.05, 0) is 30.4 Å². The number of nitrogens with zero attached hydrogens (tertiary/aromatic N) is 1. The second-order valence-electron chi connectivity index (χ2n) is 4.22. The number of nitrogens with one attached hydrogen (secondary N) is 1. The summed E-state index contributed by atoms with van der Waals surface area (Å²) >= 11 is 11.0. The Hall–Kier alpha value is -2.12. The average molecular weight is 326 g/mol. The van der Waals surface area contributed by atoms with Gasteiger partial charge in [-0.15, -0.1) is 0 Å². The van der Waals surface area contributed by atoms with E-state index in [0.717, 1.165) is 0 Å². The van der Waals surface area contributed by atoms with Crippen LogP contribution in [0.1, 0.15) is 0 Å². The van der Waals surface area contributed by atoms with Crippen LogP contribution in [0.25, 0.3) is 11.3 Å². The number of carbonyl (C=O) groups excluding carboxylic acids is 1. The number of nitrogens with two attached hydrogens (primary N) is 1. The third-order valence-electron chi connectivity index (χ3n) is 2.79. The molecule has 6 nitrogen and oxygen atoms in total. The summed E-state index contributed by atoms with van der Waals surface area (Å²) in [5.74, 6) is -0.118. The zero-order chi connectivity index (χ0) is 15.6. The fourth-order valence-electron chi connectivity index (χ4n) is 1.93. The Balaban J connectivity index is 2.76. The van der Waals surface area contributed by atoms with Crippen molar-refractivity contribution in [2.45, 2.75) is 6.54 Å². The van der Waals surface area contributed by atoms with E-state index in [1.165, 1.54) is 17.7 Å². The first-order valence-electron chi connectivity index (χ1n) is 5.88. The highest BCUT2D eigenvalue weighted by molar-refractivity contribution is 7.71. The van der Waals surface area contributed by atoms with E-state index < -0.39 is 5.91 Å². The number of amides is 1. The van der Waals surface area contributed by atoms with Crippen LogP contribution in [0, 0.1) is 4.77 Å². The highest BCUT2D eigenvalue weighted by Crippen LogP contribution is 2.31. The molecule has 0 radical (unpaired) electrons. The molecule has 2 rings (SSSR count). The Morgan fingerprint density at radius 1 is 1.48 bits per heavy atom. The van der Waals surface area contributed by atoms with Gasteiger partial charge in [-0.25, -0.2) is 0 Å². The Kier molecular flexibility index (Phi) is 4.44. The summed E-state index contributed by atoms with van der Waals surface area (Å²) in [4.78, 5) is 25.3. The van der Waals surface area contributed by atoms with Gasteiger partial charge >= 0.3 is 0 Å². The van der Waals surface area contributed by atoms with Gasteiger partial charge in [0, 0.05) is 16.7 Å². The van der Waals surface area contributed by atoms with Gasteiger partial charge in [-0.1, -0.05) is 11.6 Å². The number of methoxy groups -OCH3 is 1. The molecule has 0 aliphatic carbocycles. The maximum absolute atomic E-state index is 11.7. The van der Waals surface area contributed by atoms with Crippen LogP contribution >= 0.6 is 23.8 Å². The van der Waals surface area contributed by atoms with Crippen molar-refractivity contribution < 1.29 is 9.53 Å². The molecule has 1 aromatic heterocycles. The summed E-state index contributed by atoms with van der Waals surface area (Å²) in [6, 6.07) is 6.26. The molecule has 1 amide bonds. The average Bonchev–Trinajstić information content (AvgIpc) is 2.41. The molecular formula is C13H12ClN3O3S. The Labute approximate surface area is 130 Å². The molecule has 1 heterocycles. The lowest BCUT2D eigenvalue weighted by atomic mass is 10.1. The largest absolute Gasteiger partial charge is 0.496 e. The van der Waals surface area contributed by atoms with Crippen LogP contribution in [-0.2, 0) is 11.3 Å². The number of primary amides is 1. The van der Waals surface area contributed by atoms with Crippen molar-refractivity contribution in [3.05, 3.63) is 44.4 Å². The van der Waals surface area contributed by atoms with Crippen molar-refractivity contribution in [2.75, 3.05) is 7.11 Å². The molecule has 0 unspecified atom stereocenters. The van der Waals surface area contributed by atoms with E-state index in [9.17, 15) is 9.59 Å². The zero-order valence-corrected chi connectivity index (χ0v) is 12.6. The van der Waals surface area contributed by atoms with Crippen LogP contribution < -0.4 is 16.0 Å².